The van der Waals surface area contributed by atoms with Crippen molar-refractivity contribution >= 4 is 27.5 Å². The summed E-state index contributed by atoms with van der Waals surface area (Å²) in [7, 11) is 0. The molecule has 0 unspecified atom stereocenters. The highest BCUT2D eigenvalue weighted by atomic mass is 32.1. The number of halogens is 1. The van der Waals surface area contributed by atoms with Crippen molar-refractivity contribution in [1.29, 1.82) is 0 Å². The number of benzene rings is 1. The number of nitrogens with zero attached hydrogens (tertiary/aromatic N) is 2. The summed E-state index contributed by atoms with van der Waals surface area (Å²) in [5, 5.41) is 0. The summed E-state index contributed by atoms with van der Waals surface area (Å²) in [6, 6.07) is 4.71. The fraction of sp³-hybridized carbons (Fsp3) is 0.467. The Morgan fingerprint density at radius 1 is 1.35 bits per heavy atom. The molecule has 0 fully saturated rings. The van der Waals surface area contributed by atoms with Crippen molar-refractivity contribution in [2.75, 3.05) is 0 Å². The second kappa shape index (κ2) is 6.79. The Morgan fingerprint density at radius 2 is 2.15 bits per heavy atom. The van der Waals surface area contributed by atoms with Crippen molar-refractivity contribution in [2.45, 2.75) is 46.1 Å². The van der Waals surface area contributed by atoms with Crippen LogP contribution in [0.5, 0.6) is 0 Å². The lowest BCUT2D eigenvalue weighted by Gasteiger charge is -2.02. The number of aryl methyl sites for hydroxylation is 1. The van der Waals surface area contributed by atoms with Crippen molar-refractivity contribution in [1.82, 2.24) is 4.57 Å². The topological polar surface area (TPSA) is 34.4 Å². The third kappa shape index (κ3) is 3.33. The molecule has 1 aromatic heterocycles. The molecule has 0 saturated heterocycles. The van der Waals surface area contributed by atoms with Gasteiger partial charge >= 0.3 is 0 Å². The summed E-state index contributed by atoms with van der Waals surface area (Å²) in [6.45, 7) is 4.90. The van der Waals surface area contributed by atoms with Crippen molar-refractivity contribution < 1.29 is 9.18 Å². The average molecular weight is 294 g/mol. The summed E-state index contributed by atoms with van der Waals surface area (Å²) >= 11 is 1.38. The second-order valence-electron chi connectivity index (χ2n) is 4.76. The van der Waals surface area contributed by atoms with Crippen LogP contribution in [0.25, 0.3) is 10.2 Å². The number of rotatable bonds is 5. The third-order valence-corrected chi connectivity index (χ3v) is 4.10. The molecule has 1 aromatic carbocycles. The summed E-state index contributed by atoms with van der Waals surface area (Å²) in [5.74, 6) is -0.352. The number of aromatic nitrogens is 1. The molecule has 0 atom stereocenters. The predicted octanol–water partition coefficient (Wildman–Crippen LogP) is 3.87. The second-order valence-corrected chi connectivity index (χ2v) is 5.77. The molecule has 0 saturated carbocycles. The van der Waals surface area contributed by atoms with Crippen LogP contribution in [0.15, 0.2) is 23.2 Å². The lowest BCUT2D eigenvalue weighted by molar-refractivity contribution is -0.118. The van der Waals surface area contributed by atoms with Crippen LogP contribution < -0.4 is 4.80 Å². The van der Waals surface area contributed by atoms with E-state index in [2.05, 4.69) is 11.9 Å². The van der Waals surface area contributed by atoms with E-state index in [0.717, 1.165) is 36.0 Å². The highest BCUT2D eigenvalue weighted by Crippen LogP contribution is 2.19. The lowest BCUT2D eigenvalue weighted by Crippen LogP contribution is -2.16. The number of hydrogen-bond donors (Lipinski definition) is 0. The van der Waals surface area contributed by atoms with E-state index in [4.69, 9.17) is 0 Å². The van der Waals surface area contributed by atoms with Crippen molar-refractivity contribution in [3.05, 3.63) is 28.8 Å². The molecule has 2 aromatic rings. The first-order chi connectivity index (χ1) is 9.65. The van der Waals surface area contributed by atoms with Crippen LogP contribution in [-0.2, 0) is 11.3 Å². The number of carbonyl (C=O) groups excluding carboxylic acids is 1. The van der Waals surface area contributed by atoms with Gasteiger partial charge in [0.15, 0.2) is 4.80 Å². The minimum atomic E-state index is -0.258. The highest BCUT2D eigenvalue weighted by molar-refractivity contribution is 7.16. The van der Waals surface area contributed by atoms with Gasteiger partial charge in [-0.15, -0.1) is 0 Å². The number of hydrogen-bond acceptors (Lipinski definition) is 2. The standard InChI is InChI=1S/C15H19FN2OS/c1-3-5-6-14(19)17-15-18(9-4-2)12-8-7-11(16)10-13(12)20-15/h7-8,10H,3-6,9H2,1-2H3. The summed E-state index contributed by atoms with van der Waals surface area (Å²) in [6.07, 6.45) is 3.26. The van der Waals surface area contributed by atoms with Gasteiger partial charge in [-0.2, -0.15) is 4.99 Å². The quantitative estimate of drug-likeness (QED) is 0.824. The smallest absolute Gasteiger partial charge is 0.248 e. The average Bonchev–Trinajstić information content (AvgIpc) is 2.74. The maximum Gasteiger partial charge on any atom is 0.248 e. The maximum absolute atomic E-state index is 13.3. The lowest BCUT2D eigenvalue weighted by atomic mass is 10.2. The molecule has 1 amide bonds. The first-order valence-corrected chi connectivity index (χ1v) is 7.83. The van der Waals surface area contributed by atoms with E-state index < -0.39 is 0 Å². The molecule has 20 heavy (non-hydrogen) atoms. The zero-order valence-electron chi connectivity index (χ0n) is 11.9. The monoisotopic (exact) mass is 294 g/mol. The van der Waals surface area contributed by atoms with Crippen LogP contribution in [0.1, 0.15) is 39.5 Å². The van der Waals surface area contributed by atoms with E-state index in [1.165, 1.54) is 23.5 Å². The molecule has 0 spiro atoms. The van der Waals surface area contributed by atoms with Gasteiger partial charge in [0.25, 0.3) is 0 Å². The van der Waals surface area contributed by atoms with Crippen LogP contribution in [0, 0.1) is 5.82 Å². The molecule has 0 radical (unpaired) electrons. The van der Waals surface area contributed by atoms with E-state index in [9.17, 15) is 9.18 Å². The summed E-state index contributed by atoms with van der Waals surface area (Å²) < 4.78 is 16.1. The Kier molecular flexibility index (Phi) is 5.06. The number of amides is 1. The third-order valence-electron chi connectivity index (χ3n) is 3.06. The van der Waals surface area contributed by atoms with Gasteiger partial charge in [-0.1, -0.05) is 31.6 Å². The van der Waals surface area contributed by atoms with Crippen molar-refractivity contribution in [3.63, 3.8) is 0 Å². The van der Waals surface area contributed by atoms with Gasteiger partial charge in [-0.25, -0.2) is 4.39 Å². The Balaban J connectivity index is 2.48. The minimum absolute atomic E-state index is 0.0938. The van der Waals surface area contributed by atoms with Gasteiger partial charge in [0.05, 0.1) is 10.2 Å². The van der Waals surface area contributed by atoms with Gasteiger partial charge < -0.3 is 4.57 Å². The fourth-order valence-electron chi connectivity index (χ4n) is 2.06. The fourth-order valence-corrected chi connectivity index (χ4v) is 3.16. The molecule has 3 nitrogen and oxygen atoms in total. The van der Waals surface area contributed by atoms with Gasteiger partial charge in [-0.05, 0) is 31.0 Å². The van der Waals surface area contributed by atoms with Gasteiger partial charge in [0, 0.05) is 13.0 Å². The van der Waals surface area contributed by atoms with E-state index in [1.54, 1.807) is 6.07 Å². The molecule has 0 aliphatic carbocycles. The van der Waals surface area contributed by atoms with E-state index >= 15 is 0 Å². The number of thiazole rings is 1. The maximum atomic E-state index is 13.3. The van der Waals surface area contributed by atoms with Crippen LogP contribution in [-0.4, -0.2) is 10.5 Å². The molecule has 0 bridgehead atoms. The molecular weight excluding hydrogens is 275 g/mol. The summed E-state index contributed by atoms with van der Waals surface area (Å²) in [4.78, 5) is 16.7. The predicted molar refractivity (Wildman–Crippen MR) is 80.2 cm³/mol. The number of fused-ring (bicyclic) bond motifs is 1. The SMILES string of the molecule is CCCCC(=O)N=c1sc2cc(F)ccc2n1CCC. The highest BCUT2D eigenvalue weighted by Gasteiger charge is 2.08. The molecule has 0 aliphatic heterocycles. The van der Waals surface area contributed by atoms with Gasteiger partial charge in [-0.3, -0.25) is 4.79 Å². The van der Waals surface area contributed by atoms with Crippen LogP contribution >= 0.6 is 11.3 Å². The van der Waals surface area contributed by atoms with Crippen molar-refractivity contribution in [3.8, 4) is 0 Å². The van der Waals surface area contributed by atoms with E-state index in [0.29, 0.717) is 11.2 Å². The van der Waals surface area contributed by atoms with Crippen molar-refractivity contribution in [2.24, 2.45) is 4.99 Å². The Labute approximate surface area is 121 Å². The molecule has 5 heteroatoms. The van der Waals surface area contributed by atoms with Crippen LogP contribution in [0.4, 0.5) is 4.39 Å². The van der Waals surface area contributed by atoms with Crippen LogP contribution in [0.2, 0.25) is 0 Å². The summed E-state index contributed by atoms with van der Waals surface area (Å²) in [5.41, 5.74) is 0.945. The Hall–Kier alpha value is -1.49. The molecule has 1 heterocycles. The molecule has 108 valence electrons. The van der Waals surface area contributed by atoms with Gasteiger partial charge in [0.2, 0.25) is 5.91 Å². The largest absolute Gasteiger partial charge is 0.316 e. The van der Waals surface area contributed by atoms with Crippen LogP contribution in [0.3, 0.4) is 0 Å². The molecule has 0 aliphatic rings. The number of unbranched alkanes of at least 4 members (excludes halogenated alkanes) is 1. The molecular formula is C15H19FN2OS. The molecule has 0 N–H and O–H groups in total. The van der Waals surface area contributed by atoms with E-state index in [1.807, 2.05) is 11.5 Å². The van der Waals surface area contributed by atoms with E-state index in [-0.39, 0.29) is 11.7 Å². The minimum Gasteiger partial charge on any atom is -0.316 e. The Bertz CT molecular complexity index is 672. The number of carbonyl (C=O) groups is 1. The zero-order chi connectivity index (χ0) is 14.5. The normalized spacial score (nSPS) is 12.2. The van der Waals surface area contributed by atoms with Gasteiger partial charge in [0.1, 0.15) is 5.82 Å². The first kappa shape index (κ1) is 14.9. The first-order valence-electron chi connectivity index (χ1n) is 7.02. The molecule has 2 rings (SSSR count). The zero-order valence-corrected chi connectivity index (χ0v) is 12.7. The Morgan fingerprint density at radius 3 is 2.85 bits per heavy atom.